The molecule has 0 unspecified atom stereocenters. The Balaban J connectivity index is 2.18. The van der Waals surface area contributed by atoms with Crippen LogP contribution in [0.5, 0.6) is 0 Å². The van der Waals surface area contributed by atoms with Crippen LogP contribution in [0.25, 0.3) is 0 Å². The first-order valence-corrected chi connectivity index (χ1v) is 6.85. The zero-order valence-electron chi connectivity index (χ0n) is 12.1. The fourth-order valence-corrected chi connectivity index (χ4v) is 2.28. The highest BCUT2D eigenvalue weighted by atomic mass is 35.5. The van der Waals surface area contributed by atoms with Crippen LogP contribution in [0.2, 0.25) is 5.02 Å². The van der Waals surface area contributed by atoms with Gasteiger partial charge in [-0.25, -0.2) is 4.98 Å². The first-order chi connectivity index (χ1) is 9.86. The van der Waals surface area contributed by atoms with Crippen molar-refractivity contribution < 1.29 is 4.79 Å². The summed E-state index contributed by atoms with van der Waals surface area (Å²) in [5.41, 5.74) is 1.95. The van der Waals surface area contributed by atoms with Crippen LogP contribution in [0.4, 0.5) is 5.69 Å². The Labute approximate surface area is 127 Å². The topological polar surface area (TPSA) is 64.0 Å². The third-order valence-corrected chi connectivity index (χ3v) is 3.33. The summed E-state index contributed by atoms with van der Waals surface area (Å²) in [6.07, 6.45) is 0. The number of hydrogen-bond acceptors (Lipinski definition) is 3. The summed E-state index contributed by atoms with van der Waals surface area (Å²) in [7, 11) is 0. The summed E-state index contributed by atoms with van der Waals surface area (Å²) in [4.78, 5) is 28.2. The van der Waals surface area contributed by atoms with Crippen LogP contribution in [0.15, 0.2) is 29.1 Å². The molecule has 110 valence electrons. The normalized spacial score (nSPS) is 10.5. The third kappa shape index (κ3) is 3.70. The van der Waals surface area contributed by atoms with Crippen LogP contribution >= 0.6 is 11.6 Å². The van der Waals surface area contributed by atoms with E-state index in [-0.39, 0.29) is 18.0 Å². The van der Waals surface area contributed by atoms with Crippen LogP contribution < -0.4 is 10.9 Å². The molecule has 0 fully saturated rings. The Morgan fingerprint density at radius 2 is 2.00 bits per heavy atom. The van der Waals surface area contributed by atoms with Crippen molar-refractivity contribution >= 4 is 23.2 Å². The van der Waals surface area contributed by atoms with E-state index in [2.05, 4.69) is 10.3 Å². The van der Waals surface area contributed by atoms with E-state index in [1.807, 2.05) is 6.92 Å². The quantitative estimate of drug-likeness (QED) is 0.947. The lowest BCUT2D eigenvalue weighted by molar-refractivity contribution is -0.116. The maximum atomic E-state index is 12.1. The van der Waals surface area contributed by atoms with E-state index in [1.165, 1.54) is 10.6 Å². The van der Waals surface area contributed by atoms with Gasteiger partial charge in [0.25, 0.3) is 5.56 Å². The van der Waals surface area contributed by atoms with Gasteiger partial charge in [-0.15, -0.1) is 0 Å². The Morgan fingerprint density at radius 1 is 1.29 bits per heavy atom. The van der Waals surface area contributed by atoms with E-state index in [9.17, 15) is 9.59 Å². The highest BCUT2D eigenvalue weighted by Gasteiger charge is 2.10. The van der Waals surface area contributed by atoms with Crippen molar-refractivity contribution in [3.63, 3.8) is 0 Å². The van der Waals surface area contributed by atoms with E-state index in [4.69, 9.17) is 11.6 Å². The van der Waals surface area contributed by atoms with E-state index < -0.39 is 0 Å². The Kier molecular flexibility index (Phi) is 4.43. The first-order valence-electron chi connectivity index (χ1n) is 6.48. The van der Waals surface area contributed by atoms with Crippen LogP contribution in [0.3, 0.4) is 0 Å². The third-order valence-electron chi connectivity index (χ3n) is 3.09. The lowest BCUT2D eigenvalue weighted by atomic mass is 10.2. The zero-order valence-corrected chi connectivity index (χ0v) is 12.9. The molecule has 0 radical (unpaired) electrons. The molecule has 0 atom stereocenters. The van der Waals surface area contributed by atoms with Gasteiger partial charge in [0.1, 0.15) is 12.4 Å². The molecule has 0 saturated carbocycles. The van der Waals surface area contributed by atoms with Gasteiger partial charge in [-0.05, 0) is 44.5 Å². The largest absolute Gasteiger partial charge is 0.324 e. The molecular weight excluding hydrogens is 290 g/mol. The van der Waals surface area contributed by atoms with Crippen LogP contribution in [0, 0.1) is 20.8 Å². The highest BCUT2D eigenvalue weighted by Crippen LogP contribution is 2.19. The average molecular weight is 306 g/mol. The average Bonchev–Trinajstić information content (AvgIpc) is 2.37. The number of benzene rings is 1. The Bertz CT molecular complexity index is 753. The molecule has 0 bridgehead atoms. The minimum atomic E-state index is -0.281. The van der Waals surface area contributed by atoms with Crippen molar-refractivity contribution in [2.45, 2.75) is 27.3 Å². The van der Waals surface area contributed by atoms with Crippen molar-refractivity contribution in [1.82, 2.24) is 9.55 Å². The SMILES string of the molecule is Cc1cc(=O)n(CC(=O)Nc2ccc(Cl)cc2C)c(C)n1. The molecule has 0 saturated heterocycles. The molecule has 0 aliphatic rings. The number of halogens is 1. The molecule has 2 aromatic rings. The number of rotatable bonds is 3. The lowest BCUT2D eigenvalue weighted by Gasteiger charge is -2.11. The molecule has 1 aromatic carbocycles. The summed E-state index contributed by atoms with van der Waals surface area (Å²) in [5.74, 6) is 0.235. The number of nitrogens with one attached hydrogen (secondary N) is 1. The molecule has 1 heterocycles. The minimum Gasteiger partial charge on any atom is -0.324 e. The number of amides is 1. The predicted molar refractivity (Wildman–Crippen MR) is 82.8 cm³/mol. The molecule has 1 aromatic heterocycles. The van der Waals surface area contributed by atoms with Crippen molar-refractivity contribution in [2.75, 3.05) is 5.32 Å². The van der Waals surface area contributed by atoms with E-state index in [0.29, 0.717) is 22.2 Å². The van der Waals surface area contributed by atoms with Gasteiger partial charge < -0.3 is 5.32 Å². The number of aromatic nitrogens is 2. The Hall–Kier alpha value is -2.14. The Morgan fingerprint density at radius 3 is 2.62 bits per heavy atom. The molecule has 1 amide bonds. The van der Waals surface area contributed by atoms with Gasteiger partial charge in [-0.2, -0.15) is 0 Å². The summed E-state index contributed by atoms with van der Waals surface area (Å²) in [6.45, 7) is 5.23. The van der Waals surface area contributed by atoms with Crippen LogP contribution in [0.1, 0.15) is 17.1 Å². The van der Waals surface area contributed by atoms with E-state index in [0.717, 1.165) is 5.56 Å². The maximum Gasteiger partial charge on any atom is 0.254 e. The molecule has 21 heavy (non-hydrogen) atoms. The molecule has 2 rings (SSSR count). The number of hydrogen-bond donors (Lipinski definition) is 1. The monoisotopic (exact) mass is 305 g/mol. The fourth-order valence-electron chi connectivity index (χ4n) is 2.06. The summed E-state index contributed by atoms with van der Waals surface area (Å²) in [5, 5.41) is 3.38. The van der Waals surface area contributed by atoms with Crippen molar-refractivity contribution in [3.8, 4) is 0 Å². The molecule has 0 aliphatic heterocycles. The second-order valence-electron chi connectivity index (χ2n) is 4.88. The fraction of sp³-hybridized carbons (Fsp3) is 0.267. The van der Waals surface area contributed by atoms with Crippen LogP contribution in [-0.2, 0) is 11.3 Å². The van der Waals surface area contributed by atoms with Gasteiger partial charge in [-0.1, -0.05) is 11.6 Å². The van der Waals surface area contributed by atoms with Gasteiger partial charge in [0.2, 0.25) is 5.91 Å². The maximum absolute atomic E-state index is 12.1. The van der Waals surface area contributed by atoms with Crippen molar-refractivity contribution in [2.24, 2.45) is 0 Å². The molecule has 0 spiro atoms. The second-order valence-corrected chi connectivity index (χ2v) is 5.31. The summed E-state index contributed by atoms with van der Waals surface area (Å²) < 4.78 is 1.34. The number of nitrogens with zero attached hydrogens (tertiary/aromatic N) is 2. The van der Waals surface area contributed by atoms with Crippen molar-refractivity contribution in [3.05, 3.63) is 56.7 Å². The van der Waals surface area contributed by atoms with Gasteiger partial charge in [0, 0.05) is 22.5 Å². The summed E-state index contributed by atoms with van der Waals surface area (Å²) >= 11 is 5.87. The molecule has 1 N–H and O–H groups in total. The smallest absolute Gasteiger partial charge is 0.254 e. The standard InChI is InChI=1S/C15H16ClN3O2/c1-9-6-12(16)4-5-13(9)18-14(20)8-19-11(3)17-10(2)7-15(19)21/h4-7H,8H2,1-3H3,(H,18,20). The number of carbonyl (C=O) groups is 1. The number of aryl methyl sites for hydroxylation is 3. The van der Waals surface area contributed by atoms with Crippen molar-refractivity contribution in [1.29, 1.82) is 0 Å². The van der Waals surface area contributed by atoms with Gasteiger partial charge in [0.15, 0.2) is 0 Å². The van der Waals surface area contributed by atoms with Gasteiger partial charge >= 0.3 is 0 Å². The molecule has 5 nitrogen and oxygen atoms in total. The first kappa shape index (κ1) is 15.3. The van der Waals surface area contributed by atoms with E-state index in [1.54, 1.807) is 32.0 Å². The molecular formula is C15H16ClN3O2. The zero-order chi connectivity index (χ0) is 15.6. The number of anilines is 1. The predicted octanol–water partition coefficient (Wildman–Crippen LogP) is 2.46. The lowest BCUT2D eigenvalue weighted by Crippen LogP contribution is -2.30. The highest BCUT2D eigenvalue weighted by molar-refractivity contribution is 6.30. The number of carbonyl (C=O) groups excluding carboxylic acids is 1. The minimum absolute atomic E-state index is 0.0694. The molecule has 0 aliphatic carbocycles. The van der Waals surface area contributed by atoms with Crippen LogP contribution in [-0.4, -0.2) is 15.5 Å². The van der Waals surface area contributed by atoms with E-state index >= 15 is 0 Å². The second kappa shape index (κ2) is 6.10. The molecule has 6 heteroatoms. The summed E-state index contributed by atoms with van der Waals surface area (Å²) in [6, 6.07) is 6.61. The van der Waals surface area contributed by atoms with Gasteiger partial charge in [0.05, 0.1) is 0 Å². The van der Waals surface area contributed by atoms with Gasteiger partial charge in [-0.3, -0.25) is 14.2 Å².